The first-order valence-electron chi connectivity index (χ1n) is 34.3. The molecular formula is C77H126O6. The largest absolute Gasteiger partial charge is 0.462 e. The van der Waals surface area contributed by atoms with Gasteiger partial charge in [0, 0.05) is 19.3 Å². The first-order valence-corrected chi connectivity index (χ1v) is 34.3. The predicted molar refractivity (Wildman–Crippen MR) is 362 cm³/mol. The second-order valence-corrected chi connectivity index (χ2v) is 22.3. The highest BCUT2D eigenvalue weighted by Gasteiger charge is 2.19. The molecule has 1 unspecified atom stereocenters. The van der Waals surface area contributed by atoms with E-state index in [4.69, 9.17) is 14.2 Å². The summed E-state index contributed by atoms with van der Waals surface area (Å²) in [6.45, 7) is 6.36. The number of rotatable bonds is 61. The molecule has 0 spiro atoms. The van der Waals surface area contributed by atoms with E-state index in [9.17, 15) is 14.4 Å². The van der Waals surface area contributed by atoms with E-state index in [1.54, 1.807) is 0 Å². The highest BCUT2D eigenvalue weighted by molar-refractivity contribution is 5.71. The summed E-state index contributed by atoms with van der Waals surface area (Å²) >= 11 is 0. The maximum Gasteiger partial charge on any atom is 0.306 e. The van der Waals surface area contributed by atoms with Crippen molar-refractivity contribution in [2.24, 2.45) is 0 Å². The van der Waals surface area contributed by atoms with Gasteiger partial charge in [0.1, 0.15) is 13.2 Å². The van der Waals surface area contributed by atoms with Crippen LogP contribution in [0.25, 0.3) is 0 Å². The van der Waals surface area contributed by atoms with Gasteiger partial charge in [0.05, 0.1) is 0 Å². The van der Waals surface area contributed by atoms with Gasteiger partial charge in [0.15, 0.2) is 6.10 Å². The number of ether oxygens (including phenoxy) is 3. The van der Waals surface area contributed by atoms with Crippen molar-refractivity contribution in [3.8, 4) is 0 Å². The van der Waals surface area contributed by atoms with Crippen molar-refractivity contribution in [3.63, 3.8) is 0 Å². The van der Waals surface area contributed by atoms with Gasteiger partial charge in [-0.25, -0.2) is 0 Å². The molecule has 0 aliphatic carbocycles. The normalized spacial score (nSPS) is 13.0. The fraction of sp³-hybridized carbons (Fsp3) is 0.649. The summed E-state index contributed by atoms with van der Waals surface area (Å²) in [7, 11) is 0. The molecule has 0 bridgehead atoms. The van der Waals surface area contributed by atoms with Crippen LogP contribution in [0.15, 0.2) is 146 Å². The molecule has 0 rings (SSSR count). The molecule has 0 aromatic heterocycles. The summed E-state index contributed by atoms with van der Waals surface area (Å²) in [4.78, 5) is 38.4. The summed E-state index contributed by atoms with van der Waals surface area (Å²) in [6, 6.07) is 0. The smallest absolute Gasteiger partial charge is 0.306 e. The number of allylic oxidation sites excluding steroid dienone is 24. The van der Waals surface area contributed by atoms with Gasteiger partial charge in [0.25, 0.3) is 0 Å². The molecule has 83 heavy (non-hydrogen) atoms. The van der Waals surface area contributed by atoms with Crippen LogP contribution in [-0.2, 0) is 28.6 Å². The lowest BCUT2D eigenvalue weighted by Crippen LogP contribution is -2.30. The SMILES string of the molecule is CC/C=C\C/C=C\C/C=C\C/C=C\C/C=C\CCCC(=O)OCC(COC(=O)CCCCCCCCCCCCCCCC/C=C\C/C=C\C/C=C\CCCCCCC)OC(=O)CCCCCCCC/C=C\C/C=C\C/C=C\C/C=C\CC. The van der Waals surface area contributed by atoms with Gasteiger partial charge in [-0.05, 0) is 135 Å². The number of carbonyl (C=O) groups is 3. The van der Waals surface area contributed by atoms with E-state index in [2.05, 4.69) is 167 Å². The summed E-state index contributed by atoms with van der Waals surface area (Å²) in [5, 5.41) is 0. The summed E-state index contributed by atoms with van der Waals surface area (Å²) in [5.74, 6) is -0.978. The van der Waals surface area contributed by atoms with Crippen LogP contribution >= 0.6 is 0 Å². The zero-order valence-electron chi connectivity index (χ0n) is 53.9. The van der Waals surface area contributed by atoms with E-state index < -0.39 is 6.10 Å². The highest BCUT2D eigenvalue weighted by Crippen LogP contribution is 2.16. The molecule has 6 nitrogen and oxygen atoms in total. The topological polar surface area (TPSA) is 78.9 Å². The molecule has 0 N–H and O–H groups in total. The highest BCUT2D eigenvalue weighted by atomic mass is 16.6. The van der Waals surface area contributed by atoms with E-state index in [1.807, 2.05) is 0 Å². The van der Waals surface area contributed by atoms with Crippen LogP contribution in [0, 0.1) is 0 Å². The third-order valence-electron chi connectivity index (χ3n) is 14.3. The summed E-state index contributed by atoms with van der Waals surface area (Å²) in [5.41, 5.74) is 0. The van der Waals surface area contributed by atoms with Crippen molar-refractivity contribution < 1.29 is 28.6 Å². The molecule has 0 saturated carbocycles. The molecule has 470 valence electrons. The Morgan fingerprint density at radius 2 is 0.482 bits per heavy atom. The number of hydrogen-bond acceptors (Lipinski definition) is 6. The molecule has 0 aromatic rings. The minimum atomic E-state index is -0.817. The molecule has 0 aliphatic rings. The van der Waals surface area contributed by atoms with Gasteiger partial charge >= 0.3 is 17.9 Å². The van der Waals surface area contributed by atoms with Gasteiger partial charge in [-0.3, -0.25) is 14.4 Å². The Morgan fingerprint density at radius 3 is 0.783 bits per heavy atom. The quantitative estimate of drug-likeness (QED) is 0.0261. The number of esters is 3. The molecule has 0 heterocycles. The fourth-order valence-corrected chi connectivity index (χ4v) is 9.24. The maximum atomic E-state index is 12.9. The van der Waals surface area contributed by atoms with Crippen LogP contribution in [0.3, 0.4) is 0 Å². The molecule has 1 atom stereocenters. The van der Waals surface area contributed by atoms with E-state index >= 15 is 0 Å². The first-order chi connectivity index (χ1) is 41.0. The minimum absolute atomic E-state index is 0.106. The zero-order chi connectivity index (χ0) is 59.9. The van der Waals surface area contributed by atoms with Crippen molar-refractivity contribution in [1.82, 2.24) is 0 Å². The predicted octanol–water partition coefficient (Wildman–Crippen LogP) is 23.9. The minimum Gasteiger partial charge on any atom is -0.462 e. The van der Waals surface area contributed by atoms with Gasteiger partial charge in [-0.15, -0.1) is 0 Å². The monoisotopic (exact) mass is 1150 g/mol. The second kappa shape index (κ2) is 69.8. The average Bonchev–Trinajstić information content (AvgIpc) is 3.50. The standard InChI is InChI=1S/C77H126O6/c1-4-7-10-13-16-19-22-25-28-31-33-34-35-36-37-38-39-40-41-42-44-46-49-52-55-58-61-64-67-70-76(79)82-73-74(72-81-75(78)69-66-63-60-57-54-51-48-45-30-27-24-21-18-15-12-9-6-3)83-77(80)71-68-65-62-59-56-53-50-47-43-32-29-26-23-20-17-14-11-8-5-2/h8-9,11-12,17-18,20-22,25-27,29-31,33,35-36,43,47-48,51,57,60,74H,4-7,10,13-16,19,23-24,28,32,34,37-42,44-46,49-50,52-56,58-59,61-73H2,1-3H3/b11-8-,12-9-,20-17-,21-18-,25-22-,29-26-,30-27-,33-31-,36-35-,47-43-,51-48-,60-57-. The third-order valence-corrected chi connectivity index (χ3v) is 14.3. The Morgan fingerprint density at radius 1 is 0.253 bits per heavy atom. The molecule has 0 aromatic carbocycles. The van der Waals surface area contributed by atoms with Crippen molar-refractivity contribution in [1.29, 1.82) is 0 Å². The molecule has 0 radical (unpaired) electrons. The maximum absolute atomic E-state index is 12.9. The Bertz CT molecular complexity index is 1800. The Balaban J connectivity index is 4.39. The lowest BCUT2D eigenvalue weighted by molar-refractivity contribution is -0.167. The van der Waals surface area contributed by atoms with Gasteiger partial charge in [0.2, 0.25) is 0 Å². The Kier molecular flexibility index (Phi) is 65.8. The van der Waals surface area contributed by atoms with Crippen molar-refractivity contribution in [3.05, 3.63) is 146 Å². The van der Waals surface area contributed by atoms with E-state index in [1.165, 1.54) is 128 Å². The fourth-order valence-electron chi connectivity index (χ4n) is 9.24. The Labute approximate surface area is 512 Å². The van der Waals surface area contributed by atoms with Crippen LogP contribution in [0.2, 0.25) is 0 Å². The van der Waals surface area contributed by atoms with Crippen molar-refractivity contribution in [2.75, 3.05) is 13.2 Å². The number of unbranched alkanes of at least 4 members (excludes halogenated alkanes) is 26. The third kappa shape index (κ3) is 68.0. The Hall–Kier alpha value is -4.71. The molecule has 0 fully saturated rings. The van der Waals surface area contributed by atoms with E-state index in [0.717, 1.165) is 128 Å². The summed E-state index contributed by atoms with van der Waals surface area (Å²) < 4.78 is 16.9. The van der Waals surface area contributed by atoms with Crippen LogP contribution in [0.5, 0.6) is 0 Å². The van der Waals surface area contributed by atoms with Gasteiger partial charge in [-0.2, -0.15) is 0 Å². The number of carbonyl (C=O) groups excluding carboxylic acids is 3. The average molecular weight is 1150 g/mol. The summed E-state index contributed by atoms with van der Waals surface area (Å²) in [6.07, 6.45) is 100. The van der Waals surface area contributed by atoms with Gasteiger partial charge in [-0.1, -0.05) is 295 Å². The van der Waals surface area contributed by atoms with Crippen molar-refractivity contribution in [2.45, 2.75) is 309 Å². The lowest BCUT2D eigenvalue weighted by Gasteiger charge is -2.18. The van der Waals surface area contributed by atoms with Crippen LogP contribution < -0.4 is 0 Å². The van der Waals surface area contributed by atoms with Crippen LogP contribution in [0.1, 0.15) is 303 Å². The molecule has 0 amide bonds. The lowest BCUT2D eigenvalue weighted by atomic mass is 10.0. The van der Waals surface area contributed by atoms with Crippen LogP contribution in [0.4, 0.5) is 0 Å². The molecular weight excluding hydrogens is 1020 g/mol. The van der Waals surface area contributed by atoms with Crippen molar-refractivity contribution >= 4 is 17.9 Å². The zero-order valence-corrected chi connectivity index (χ0v) is 53.9. The van der Waals surface area contributed by atoms with E-state index in [-0.39, 0.29) is 37.5 Å². The molecule has 0 aliphatic heterocycles. The van der Waals surface area contributed by atoms with Crippen LogP contribution in [-0.4, -0.2) is 37.2 Å². The first kappa shape index (κ1) is 78.3. The number of hydrogen-bond donors (Lipinski definition) is 0. The molecule has 6 heteroatoms. The molecule has 0 saturated heterocycles. The second-order valence-electron chi connectivity index (χ2n) is 22.3. The van der Waals surface area contributed by atoms with Gasteiger partial charge < -0.3 is 14.2 Å². The van der Waals surface area contributed by atoms with E-state index in [0.29, 0.717) is 19.3 Å².